The van der Waals surface area contributed by atoms with Gasteiger partial charge in [-0.1, -0.05) is 17.7 Å². The zero-order valence-corrected chi connectivity index (χ0v) is 12.7. The number of rotatable bonds is 3. The van der Waals surface area contributed by atoms with Gasteiger partial charge in [-0.25, -0.2) is 4.98 Å². The predicted octanol–water partition coefficient (Wildman–Crippen LogP) is 4.18. The van der Waals surface area contributed by atoms with Crippen LogP contribution in [0.4, 0.5) is 0 Å². The number of hydrogen-bond acceptors (Lipinski definition) is 3. The molecule has 1 aromatic heterocycles. The van der Waals surface area contributed by atoms with Gasteiger partial charge in [-0.2, -0.15) is 0 Å². The molecular weight excluding hydrogens is 320 g/mol. The van der Waals surface area contributed by atoms with E-state index in [1.165, 1.54) is 0 Å². The van der Waals surface area contributed by atoms with Crippen LogP contribution < -0.4 is 5.32 Å². The summed E-state index contributed by atoms with van der Waals surface area (Å²) in [5.41, 5.74) is 2.21. The van der Waals surface area contributed by atoms with Gasteiger partial charge in [-0.05, 0) is 47.6 Å². The smallest absolute Gasteiger partial charge is 0.114 e. The number of aromatic nitrogens is 1. The molecule has 17 heavy (non-hydrogen) atoms. The van der Waals surface area contributed by atoms with E-state index in [4.69, 9.17) is 11.6 Å². The molecule has 2 rings (SSSR count). The number of aryl methyl sites for hydroxylation is 1. The second-order valence-corrected chi connectivity index (χ2v) is 5.87. The second kappa shape index (κ2) is 5.48. The van der Waals surface area contributed by atoms with Gasteiger partial charge in [-0.3, -0.25) is 0 Å². The van der Waals surface area contributed by atoms with Crippen LogP contribution in [-0.4, -0.2) is 12.0 Å². The van der Waals surface area contributed by atoms with Crippen molar-refractivity contribution in [1.29, 1.82) is 0 Å². The molecule has 0 saturated heterocycles. The van der Waals surface area contributed by atoms with Crippen molar-refractivity contribution in [3.05, 3.63) is 49.3 Å². The van der Waals surface area contributed by atoms with E-state index in [2.05, 4.69) is 31.6 Å². The molecule has 0 radical (unpaired) electrons. The Balaban J connectivity index is 2.38. The average molecular weight is 332 g/mol. The highest BCUT2D eigenvalue weighted by atomic mass is 79.9. The summed E-state index contributed by atoms with van der Waals surface area (Å²) in [6.45, 7) is 2.00. The van der Waals surface area contributed by atoms with Crippen LogP contribution in [-0.2, 0) is 0 Å². The van der Waals surface area contributed by atoms with Gasteiger partial charge < -0.3 is 5.32 Å². The molecule has 1 atom stereocenters. The quantitative estimate of drug-likeness (QED) is 0.913. The molecule has 1 unspecified atom stereocenters. The minimum absolute atomic E-state index is 0.113. The second-order valence-electron chi connectivity index (χ2n) is 3.72. The third kappa shape index (κ3) is 2.88. The van der Waals surface area contributed by atoms with Gasteiger partial charge >= 0.3 is 0 Å². The monoisotopic (exact) mass is 330 g/mol. The minimum atomic E-state index is 0.113. The molecule has 1 N–H and O–H groups in total. The molecule has 0 aliphatic carbocycles. The fourth-order valence-electron chi connectivity index (χ4n) is 1.63. The maximum atomic E-state index is 6.00. The number of hydrogen-bond donors (Lipinski definition) is 1. The van der Waals surface area contributed by atoms with Gasteiger partial charge in [0.15, 0.2) is 0 Å². The van der Waals surface area contributed by atoms with Crippen molar-refractivity contribution in [3.8, 4) is 0 Å². The Hall–Kier alpha value is -0.420. The minimum Gasteiger partial charge on any atom is -0.307 e. The van der Waals surface area contributed by atoms with Gasteiger partial charge in [0.1, 0.15) is 5.01 Å². The number of nitrogens with zero attached hydrogens (tertiary/aromatic N) is 1. The van der Waals surface area contributed by atoms with Crippen LogP contribution in [0.2, 0.25) is 5.02 Å². The highest BCUT2D eigenvalue weighted by molar-refractivity contribution is 9.10. The maximum Gasteiger partial charge on any atom is 0.114 e. The molecule has 90 valence electrons. The summed E-state index contributed by atoms with van der Waals surface area (Å²) >= 11 is 11.1. The summed E-state index contributed by atoms with van der Waals surface area (Å²) in [5.74, 6) is 0. The van der Waals surface area contributed by atoms with Gasteiger partial charge in [0.05, 0.1) is 11.1 Å². The molecule has 1 aromatic carbocycles. The topological polar surface area (TPSA) is 24.9 Å². The van der Waals surface area contributed by atoms with E-state index in [1.54, 1.807) is 11.3 Å². The number of benzene rings is 1. The summed E-state index contributed by atoms with van der Waals surface area (Å²) in [4.78, 5) is 4.52. The van der Waals surface area contributed by atoms with Crippen molar-refractivity contribution in [2.45, 2.75) is 13.0 Å². The Morgan fingerprint density at radius 1 is 1.47 bits per heavy atom. The molecule has 0 amide bonds. The lowest BCUT2D eigenvalue weighted by Gasteiger charge is -2.14. The lowest BCUT2D eigenvalue weighted by Crippen LogP contribution is -2.17. The van der Waals surface area contributed by atoms with E-state index in [0.29, 0.717) is 0 Å². The van der Waals surface area contributed by atoms with Crippen LogP contribution >= 0.6 is 38.9 Å². The largest absolute Gasteiger partial charge is 0.307 e. The van der Waals surface area contributed by atoms with E-state index in [9.17, 15) is 0 Å². The third-order valence-corrected chi connectivity index (χ3v) is 4.69. The molecule has 0 aliphatic heterocycles. The normalized spacial score (nSPS) is 12.7. The Bertz CT molecular complexity index is 527. The molecule has 0 aliphatic rings. The highest BCUT2D eigenvalue weighted by Crippen LogP contribution is 2.30. The van der Waals surface area contributed by atoms with Crippen LogP contribution in [0.25, 0.3) is 0 Å². The molecule has 1 heterocycles. The molecule has 2 aromatic rings. The first-order valence-electron chi connectivity index (χ1n) is 5.16. The zero-order valence-electron chi connectivity index (χ0n) is 9.50. The van der Waals surface area contributed by atoms with Crippen molar-refractivity contribution in [1.82, 2.24) is 10.3 Å². The van der Waals surface area contributed by atoms with Crippen LogP contribution in [0, 0.1) is 6.92 Å². The van der Waals surface area contributed by atoms with Crippen molar-refractivity contribution in [2.24, 2.45) is 0 Å². The summed E-state index contributed by atoms with van der Waals surface area (Å²) < 4.78 is 0.908. The average Bonchev–Trinajstić information content (AvgIpc) is 2.71. The summed E-state index contributed by atoms with van der Waals surface area (Å²) in [5, 5.41) is 7.13. The van der Waals surface area contributed by atoms with Crippen LogP contribution in [0.3, 0.4) is 0 Å². The Kier molecular flexibility index (Phi) is 4.20. The van der Waals surface area contributed by atoms with Gasteiger partial charge in [0.2, 0.25) is 0 Å². The lowest BCUT2D eigenvalue weighted by atomic mass is 10.1. The molecule has 0 bridgehead atoms. The maximum absolute atomic E-state index is 6.00. The van der Waals surface area contributed by atoms with Gasteiger partial charge in [0.25, 0.3) is 0 Å². The van der Waals surface area contributed by atoms with Gasteiger partial charge in [-0.15, -0.1) is 11.3 Å². The highest BCUT2D eigenvalue weighted by Gasteiger charge is 2.16. The first-order chi connectivity index (χ1) is 8.11. The molecule has 0 saturated carbocycles. The number of nitrogens with one attached hydrogen (secondary N) is 1. The van der Waals surface area contributed by atoms with Crippen LogP contribution in [0.15, 0.2) is 28.1 Å². The first kappa shape index (κ1) is 13.0. The van der Waals surface area contributed by atoms with E-state index in [0.717, 1.165) is 25.8 Å². The van der Waals surface area contributed by atoms with E-state index < -0.39 is 0 Å². The SMILES string of the molecule is CNC(c1ccc(Cl)c(Br)c1)c1nc(C)cs1. The lowest BCUT2D eigenvalue weighted by molar-refractivity contribution is 0.684. The fourth-order valence-corrected chi connectivity index (χ4v) is 3.07. The molecule has 2 nitrogen and oxygen atoms in total. The molecule has 0 spiro atoms. The standard InChI is InChI=1S/C12H12BrClN2S/c1-7-6-17-12(16-7)11(15-2)8-3-4-10(14)9(13)5-8/h3-6,11,15H,1-2H3. The Morgan fingerprint density at radius 2 is 2.24 bits per heavy atom. The van der Waals surface area contributed by atoms with E-state index in [1.807, 2.05) is 32.2 Å². The van der Waals surface area contributed by atoms with Crippen molar-refractivity contribution in [2.75, 3.05) is 7.05 Å². The van der Waals surface area contributed by atoms with Crippen molar-refractivity contribution >= 4 is 38.9 Å². The first-order valence-corrected chi connectivity index (χ1v) is 7.21. The Labute approximate surface area is 118 Å². The molecule has 0 fully saturated rings. The van der Waals surface area contributed by atoms with Crippen LogP contribution in [0.1, 0.15) is 22.3 Å². The van der Waals surface area contributed by atoms with Crippen molar-refractivity contribution in [3.63, 3.8) is 0 Å². The van der Waals surface area contributed by atoms with Crippen LogP contribution in [0.5, 0.6) is 0 Å². The van der Waals surface area contributed by atoms with E-state index >= 15 is 0 Å². The summed E-state index contributed by atoms with van der Waals surface area (Å²) in [6, 6.07) is 6.05. The predicted molar refractivity (Wildman–Crippen MR) is 76.9 cm³/mol. The number of halogens is 2. The third-order valence-electron chi connectivity index (χ3n) is 2.45. The van der Waals surface area contributed by atoms with Crippen molar-refractivity contribution < 1.29 is 0 Å². The summed E-state index contributed by atoms with van der Waals surface area (Å²) in [7, 11) is 1.93. The number of thiazole rings is 1. The zero-order chi connectivity index (χ0) is 12.4. The fraction of sp³-hybridized carbons (Fsp3) is 0.250. The Morgan fingerprint density at radius 3 is 2.76 bits per heavy atom. The van der Waals surface area contributed by atoms with E-state index in [-0.39, 0.29) is 6.04 Å². The van der Waals surface area contributed by atoms with Gasteiger partial charge in [0, 0.05) is 15.5 Å². The molecule has 5 heteroatoms. The summed E-state index contributed by atoms with van der Waals surface area (Å²) in [6.07, 6.45) is 0. The molecular formula is C12H12BrClN2S.